The molecule has 146 valence electrons. The Kier molecular flexibility index (Phi) is 8.80. The maximum Gasteiger partial charge on any atom is 0.223 e. The molecule has 0 bridgehead atoms. The second-order valence-electron chi connectivity index (χ2n) is 7.14. The zero-order chi connectivity index (χ0) is 17.2. The molecular formula is C19H29Cl2N3OS. The van der Waals surface area contributed by atoms with Gasteiger partial charge in [-0.05, 0) is 43.9 Å². The zero-order valence-electron chi connectivity index (χ0n) is 15.4. The summed E-state index contributed by atoms with van der Waals surface area (Å²) in [5, 5.41) is 0.998. The van der Waals surface area contributed by atoms with Gasteiger partial charge in [-0.2, -0.15) is 0 Å². The summed E-state index contributed by atoms with van der Waals surface area (Å²) < 4.78 is 1.17. The second kappa shape index (κ2) is 9.88. The van der Waals surface area contributed by atoms with Crippen LogP contribution in [0.25, 0.3) is 10.2 Å². The number of rotatable bonds is 5. The van der Waals surface area contributed by atoms with Crippen LogP contribution in [0.4, 0.5) is 0 Å². The van der Waals surface area contributed by atoms with Crippen molar-refractivity contribution in [2.24, 2.45) is 11.1 Å². The Hall–Kier alpha value is -0.880. The van der Waals surface area contributed by atoms with E-state index in [-0.39, 0.29) is 42.2 Å². The van der Waals surface area contributed by atoms with Crippen LogP contribution in [0.1, 0.15) is 56.5 Å². The van der Waals surface area contributed by atoms with Crippen molar-refractivity contribution in [2.45, 2.75) is 51.5 Å². The molecule has 1 fully saturated rings. The van der Waals surface area contributed by atoms with Crippen molar-refractivity contribution in [3.05, 3.63) is 29.3 Å². The van der Waals surface area contributed by atoms with Gasteiger partial charge in [-0.1, -0.05) is 31.4 Å². The van der Waals surface area contributed by atoms with Gasteiger partial charge >= 0.3 is 0 Å². The second-order valence-corrected chi connectivity index (χ2v) is 8.20. The first kappa shape index (κ1) is 23.2. The molecule has 0 radical (unpaired) electrons. The molecule has 1 saturated carbocycles. The number of benzene rings is 1. The van der Waals surface area contributed by atoms with E-state index in [1.54, 1.807) is 11.3 Å². The number of nitrogens with zero attached hydrogens (tertiary/aromatic N) is 2. The Bertz CT molecular complexity index is 683. The third-order valence-corrected chi connectivity index (χ3v) is 6.72. The lowest BCUT2D eigenvalue weighted by Crippen LogP contribution is -2.40. The normalized spacial score (nSPS) is 17.0. The van der Waals surface area contributed by atoms with Crippen molar-refractivity contribution in [1.82, 2.24) is 9.88 Å². The summed E-state index contributed by atoms with van der Waals surface area (Å²) in [5.41, 5.74) is 7.06. The molecule has 1 aromatic heterocycles. The summed E-state index contributed by atoms with van der Waals surface area (Å²) in [6, 6.07) is 8.12. The smallest absolute Gasteiger partial charge is 0.223 e. The predicted molar refractivity (Wildman–Crippen MR) is 114 cm³/mol. The van der Waals surface area contributed by atoms with Gasteiger partial charge in [0.1, 0.15) is 5.01 Å². The van der Waals surface area contributed by atoms with Gasteiger partial charge in [0, 0.05) is 13.5 Å². The van der Waals surface area contributed by atoms with Crippen LogP contribution in [0.5, 0.6) is 0 Å². The fourth-order valence-corrected chi connectivity index (χ4v) is 4.71. The van der Waals surface area contributed by atoms with Gasteiger partial charge in [0.2, 0.25) is 5.91 Å². The van der Waals surface area contributed by atoms with E-state index in [0.717, 1.165) is 23.4 Å². The number of carbonyl (C=O) groups is 1. The molecule has 1 heterocycles. The Morgan fingerprint density at radius 1 is 1.27 bits per heavy atom. The van der Waals surface area contributed by atoms with E-state index in [1.165, 1.54) is 24.0 Å². The lowest BCUT2D eigenvalue weighted by molar-refractivity contribution is -0.134. The summed E-state index contributed by atoms with van der Waals surface area (Å²) in [6.07, 6.45) is 6.39. The van der Waals surface area contributed by atoms with Crippen molar-refractivity contribution in [2.75, 3.05) is 13.6 Å². The number of hydrogen-bond acceptors (Lipinski definition) is 4. The van der Waals surface area contributed by atoms with E-state index in [2.05, 4.69) is 13.0 Å². The molecule has 3 rings (SSSR count). The van der Waals surface area contributed by atoms with Crippen molar-refractivity contribution < 1.29 is 4.79 Å². The molecule has 26 heavy (non-hydrogen) atoms. The van der Waals surface area contributed by atoms with Crippen LogP contribution >= 0.6 is 36.2 Å². The largest absolute Gasteiger partial charge is 0.337 e. The number of nitrogens with two attached hydrogens (primary N) is 1. The predicted octanol–water partition coefficient (Wildman–Crippen LogP) is 4.96. The Labute approximate surface area is 172 Å². The number of fused-ring (bicyclic) bond motifs is 1. The molecule has 0 spiro atoms. The van der Waals surface area contributed by atoms with Crippen LogP contribution in [-0.2, 0) is 4.79 Å². The van der Waals surface area contributed by atoms with Crippen LogP contribution in [-0.4, -0.2) is 29.4 Å². The van der Waals surface area contributed by atoms with Crippen molar-refractivity contribution >= 4 is 52.3 Å². The summed E-state index contributed by atoms with van der Waals surface area (Å²) in [5.74, 6) is 0.189. The van der Waals surface area contributed by atoms with E-state index in [0.29, 0.717) is 13.0 Å². The quantitative estimate of drug-likeness (QED) is 0.747. The molecular weight excluding hydrogens is 389 g/mol. The number of aromatic nitrogens is 1. The lowest BCUT2D eigenvalue weighted by atomic mass is 9.71. The highest BCUT2D eigenvalue weighted by Crippen LogP contribution is 2.39. The first-order chi connectivity index (χ1) is 11.5. The average Bonchev–Trinajstić information content (AvgIpc) is 3.05. The number of halogens is 2. The average molecular weight is 418 g/mol. The summed E-state index contributed by atoms with van der Waals surface area (Å²) >= 11 is 1.67. The molecule has 1 amide bonds. The molecule has 1 unspecified atom stereocenters. The van der Waals surface area contributed by atoms with Gasteiger partial charge in [0.25, 0.3) is 0 Å². The molecule has 4 nitrogen and oxygen atoms in total. The van der Waals surface area contributed by atoms with E-state index in [4.69, 9.17) is 10.7 Å². The monoisotopic (exact) mass is 417 g/mol. The minimum Gasteiger partial charge on any atom is -0.337 e. The van der Waals surface area contributed by atoms with E-state index in [1.807, 2.05) is 30.1 Å². The fraction of sp³-hybridized carbons (Fsp3) is 0.579. The third-order valence-electron chi connectivity index (χ3n) is 5.52. The van der Waals surface area contributed by atoms with Crippen LogP contribution in [0, 0.1) is 5.41 Å². The molecule has 1 aliphatic rings. The van der Waals surface area contributed by atoms with Crippen LogP contribution < -0.4 is 5.73 Å². The molecule has 2 N–H and O–H groups in total. The number of hydrogen-bond donors (Lipinski definition) is 1. The van der Waals surface area contributed by atoms with Crippen molar-refractivity contribution in [3.63, 3.8) is 0 Å². The van der Waals surface area contributed by atoms with Gasteiger partial charge < -0.3 is 10.6 Å². The van der Waals surface area contributed by atoms with Crippen LogP contribution in [0.2, 0.25) is 0 Å². The highest BCUT2D eigenvalue weighted by Gasteiger charge is 2.35. The zero-order valence-corrected chi connectivity index (χ0v) is 17.9. The molecule has 1 aliphatic carbocycles. The minimum atomic E-state index is -0.00619. The first-order valence-corrected chi connectivity index (χ1v) is 9.67. The number of amides is 1. The maximum atomic E-state index is 12.9. The molecule has 1 atom stereocenters. The summed E-state index contributed by atoms with van der Waals surface area (Å²) in [4.78, 5) is 19.4. The standard InChI is InChI=1S/C19H27N3OS.2ClH/c1-14(18-21-15-8-4-5-9-16(15)24-18)22(2)17(23)12-19(13-20)10-6-3-7-11-19;;/h4-5,8-9,14H,3,6-7,10-13,20H2,1-2H3;2*1H. The number of thiazole rings is 1. The third kappa shape index (κ3) is 4.89. The number of para-hydroxylation sites is 1. The Balaban J connectivity index is 0.00000169. The van der Waals surface area contributed by atoms with Crippen LogP contribution in [0.15, 0.2) is 24.3 Å². The van der Waals surface area contributed by atoms with Crippen molar-refractivity contribution in [1.29, 1.82) is 0 Å². The summed E-state index contributed by atoms with van der Waals surface area (Å²) in [6.45, 7) is 2.67. The molecule has 2 aromatic rings. The van der Waals surface area contributed by atoms with Crippen molar-refractivity contribution in [3.8, 4) is 0 Å². The highest BCUT2D eigenvalue weighted by molar-refractivity contribution is 7.18. The molecule has 0 aliphatic heterocycles. The van der Waals surface area contributed by atoms with Gasteiger partial charge in [-0.25, -0.2) is 4.98 Å². The van der Waals surface area contributed by atoms with E-state index >= 15 is 0 Å². The summed E-state index contributed by atoms with van der Waals surface area (Å²) in [7, 11) is 1.89. The van der Waals surface area contributed by atoms with Crippen LogP contribution in [0.3, 0.4) is 0 Å². The first-order valence-electron chi connectivity index (χ1n) is 8.86. The Morgan fingerprint density at radius 3 is 2.54 bits per heavy atom. The SMILES string of the molecule is CC(c1nc2ccccc2s1)N(C)C(=O)CC1(CN)CCCCC1.Cl.Cl. The topological polar surface area (TPSA) is 59.2 Å². The Morgan fingerprint density at radius 2 is 1.92 bits per heavy atom. The van der Waals surface area contributed by atoms with Gasteiger partial charge in [0.05, 0.1) is 16.3 Å². The minimum absolute atomic E-state index is 0. The highest BCUT2D eigenvalue weighted by atomic mass is 35.5. The fourth-order valence-electron chi connectivity index (χ4n) is 3.65. The molecule has 0 saturated heterocycles. The number of carbonyl (C=O) groups excluding carboxylic acids is 1. The maximum absolute atomic E-state index is 12.9. The van der Waals surface area contributed by atoms with Gasteiger partial charge in [-0.15, -0.1) is 36.2 Å². The van der Waals surface area contributed by atoms with Gasteiger partial charge in [-0.3, -0.25) is 4.79 Å². The van der Waals surface area contributed by atoms with E-state index in [9.17, 15) is 4.79 Å². The molecule has 1 aromatic carbocycles. The lowest BCUT2D eigenvalue weighted by Gasteiger charge is -2.37. The molecule has 7 heteroatoms. The van der Waals surface area contributed by atoms with Gasteiger partial charge in [0.15, 0.2) is 0 Å². The van der Waals surface area contributed by atoms with E-state index < -0.39 is 0 Å².